The van der Waals surface area contributed by atoms with Gasteiger partial charge in [0, 0.05) is 0 Å². The Kier molecular flexibility index (Phi) is 19.5. The number of nitrogens with zero attached hydrogens (tertiary/aromatic N) is 1. The van der Waals surface area contributed by atoms with Gasteiger partial charge in [-0.1, -0.05) is 136 Å². The van der Waals surface area contributed by atoms with Gasteiger partial charge in [-0.05, 0) is 37.0 Å². The van der Waals surface area contributed by atoms with E-state index in [-0.39, 0.29) is 0 Å². The predicted octanol–water partition coefficient (Wildman–Crippen LogP) is 9.81. The molecule has 0 amide bonds. The minimum Gasteiger partial charge on any atom is -0.211 e. The second-order valence-electron chi connectivity index (χ2n) is 10.5. The van der Waals surface area contributed by atoms with E-state index < -0.39 is 0 Å². The third-order valence-electron chi connectivity index (χ3n) is 7.80. The van der Waals surface area contributed by atoms with Crippen LogP contribution in [0.1, 0.15) is 155 Å². The number of carbonyl (C=O) groups excluding carboxylic acids is 1. The van der Waals surface area contributed by atoms with Gasteiger partial charge < -0.3 is 0 Å². The van der Waals surface area contributed by atoms with Crippen molar-refractivity contribution in [3.05, 3.63) is 0 Å². The van der Waals surface area contributed by atoms with Crippen LogP contribution >= 0.6 is 0 Å². The molecule has 182 valence electrons. The van der Waals surface area contributed by atoms with E-state index in [1.54, 1.807) is 6.08 Å². The number of hydrogen-bond donors (Lipinski definition) is 0. The van der Waals surface area contributed by atoms with E-state index in [9.17, 15) is 4.79 Å². The largest absolute Gasteiger partial charge is 0.234 e. The maximum absolute atomic E-state index is 10.1. The van der Waals surface area contributed by atoms with Gasteiger partial charge in [-0.15, -0.1) is 0 Å². The lowest BCUT2D eigenvalue weighted by atomic mass is 9.69. The molecule has 0 aromatic heterocycles. The lowest BCUT2D eigenvalue weighted by Gasteiger charge is -2.37. The number of isocyanates is 1. The zero-order valence-corrected chi connectivity index (χ0v) is 21.4. The summed E-state index contributed by atoms with van der Waals surface area (Å²) >= 11 is 0. The Balaban J connectivity index is 2.23. The van der Waals surface area contributed by atoms with E-state index >= 15 is 0 Å². The highest BCUT2D eigenvalue weighted by Crippen LogP contribution is 2.41. The van der Waals surface area contributed by atoms with Gasteiger partial charge in [-0.3, -0.25) is 0 Å². The minimum absolute atomic E-state index is 0.672. The Morgan fingerprint density at radius 1 is 0.613 bits per heavy atom. The van der Waals surface area contributed by atoms with Crippen LogP contribution in [-0.4, -0.2) is 12.6 Å². The molecule has 0 bridgehead atoms. The Labute approximate surface area is 195 Å². The van der Waals surface area contributed by atoms with Crippen LogP contribution < -0.4 is 0 Å². The second-order valence-corrected chi connectivity index (χ2v) is 10.5. The number of hydrogen-bond acceptors (Lipinski definition) is 2. The first-order chi connectivity index (χ1) is 15.3. The summed E-state index contributed by atoms with van der Waals surface area (Å²) in [5.74, 6) is 3.08. The normalized spacial score (nSPS) is 21.2. The van der Waals surface area contributed by atoms with Crippen LogP contribution in [0, 0.1) is 17.8 Å². The maximum atomic E-state index is 10.1. The fourth-order valence-electron chi connectivity index (χ4n) is 5.82. The van der Waals surface area contributed by atoms with Crippen molar-refractivity contribution >= 4 is 6.08 Å². The average Bonchev–Trinajstić information content (AvgIpc) is 2.79. The summed E-state index contributed by atoms with van der Waals surface area (Å²) in [6.07, 6.45) is 32.9. The zero-order chi connectivity index (χ0) is 22.4. The maximum Gasteiger partial charge on any atom is 0.234 e. The second kappa shape index (κ2) is 21.2. The quantitative estimate of drug-likeness (QED) is 0.101. The Bertz CT molecular complexity index is 428. The van der Waals surface area contributed by atoms with Gasteiger partial charge in [0.05, 0.1) is 6.54 Å². The monoisotopic (exact) mass is 433 g/mol. The molecule has 0 saturated heterocycles. The molecule has 0 aliphatic heterocycles. The fraction of sp³-hybridized carbons (Fsp3) is 0.966. The molecule has 0 spiro atoms. The molecule has 2 nitrogen and oxygen atoms in total. The SMILES string of the molecule is CCCCCCCCC1CCC(CCCCCCCCN=C=O)CC1CCCCCC. The molecule has 0 heterocycles. The van der Waals surface area contributed by atoms with Gasteiger partial charge in [0.1, 0.15) is 0 Å². The summed E-state index contributed by atoms with van der Waals surface area (Å²) in [5.41, 5.74) is 0. The number of aliphatic imine (C=N–C) groups is 1. The smallest absolute Gasteiger partial charge is 0.211 e. The first-order valence-electron chi connectivity index (χ1n) is 14.3. The molecular formula is C29H55NO. The molecule has 31 heavy (non-hydrogen) atoms. The Morgan fingerprint density at radius 3 is 1.77 bits per heavy atom. The molecule has 3 unspecified atom stereocenters. The predicted molar refractivity (Wildman–Crippen MR) is 136 cm³/mol. The molecule has 2 heteroatoms. The molecule has 1 aliphatic carbocycles. The van der Waals surface area contributed by atoms with Crippen molar-refractivity contribution in [3.8, 4) is 0 Å². The van der Waals surface area contributed by atoms with Crippen molar-refractivity contribution in [2.45, 2.75) is 155 Å². The Morgan fingerprint density at radius 2 is 1.13 bits per heavy atom. The summed E-state index contributed by atoms with van der Waals surface area (Å²) in [6.45, 7) is 5.32. The van der Waals surface area contributed by atoms with Gasteiger partial charge in [0.15, 0.2) is 0 Å². The van der Waals surface area contributed by atoms with Crippen LogP contribution in [0.15, 0.2) is 4.99 Å². The first kappa shape index (κ1) is 28.4. The van der Waals surface area contributed by atoms with Gasteiger partial charge in [0.2, 0.25) is 6.08 Å². The van der Waals surface area contributed by atoms with Gasteiger partial charge >= 0.3 is 0 Å². The Hall–Kier alpha value is -0.620. The van der Waals surface area contributed by atoms with Crippen LogP contribution in [0.5, 0.6) is 0 Å². The first-order valence-corrected chi connectivity index (χ1v) is 14.3. The summed E-state index contributed by atoms with van der Waals surface area (Å²) in [5, 5.41) is 0. The average molecular weight is 434 g/mol. The van der Waals surface area contributed by atoms with E-state index in [0.717, 1.165) is 24.2 Å². The van der Waals surface area contributed by atoms with Crippen molar-refractivity contribution in [1.29, 1.82) is 0 Å². The highest BCUT2D eigenvalue weighted by atomic mass is 16.1. The molecule has 0 radical (unpaired) electrons. The van der Waals surface area contributed by atoms with Crippen LogP contribution in [0.3, 0.4) is 0 Å². The van der Waals surface area contributed by atoms with Crippen LogP contribution in [0.25, 0.3) is 0 Å². The third kappa shape index (κ3) is 15.8. The summed E-state index contributed by atoms with van der Waals surface area (Å²) < 4.78 is 0. The molecule has 3 atom stereocenters. The fourth-order valence-corrected chi connectivity index (χ4v) is 5.82. The number of unbranched alkanes of at least 4 members (excludes halogenated alkanes) is 13. The molecular weight excluding hydrogens is 378 g/mol. The molecule has 1 saturated carbocycles. The molecule has 0 aromatic rings. The van der Waals surface area contributed by atoms with E-state index in [2.05, 4.69) is 18.8 Å². The van der Waals surface area contributed by atoms with Gasteiger partial charge in [-0.2, -0.15) is 0 Å². The molecule has 1 fully saturated rings. The van der Waals surface area contributed by atoms with E-state index in [1.807, 2.05) is 0 Å². The third-order valence-corrected chi connectivity index (χ3v) is 7.80. The van der Waals surface area contributed by atoms with E-state index in [1.165, 1.54) is 135 Å². The van der Waals surface area contributed by atoms with Crippen molar-refractivity contribution in [3.63, 3.8) is 0 Å². The van der Waals surface area contributed by atoms with Crippen LogP contribution in [0.2, 0.25) is 0 Å². The van der Waals surface area contributed by atoms with Crippen LogP contribution in [0.4, 0.5) is 0 Å². The van der Waals surface area contributed by atoms with E-state index in [4.69, 9.17) is 0 Å². The van der Waals surface area contributed by atoms with Crippen molar-refractivity contribution in [1.82, 2.24) is 0 Å². The lowest BCUT2D eigenvalue weighted by Crippen LogP contribution is -2.25. The standard InChI is InChI=1S/C29H55NO/c1-3-5-7-9-13-17-20-28-23-22-27(25-29(28)21-16-8-6-4-2)19-15-12-10-11-14-18-24-30-26-31/h27-29H,3-25H2,1-2H3. The lowest BCUT2D eigenvalue weighted by molar-refractivity contribution is 0.147. The molecule has 0 aromatic carbocycles. The van der Waals surface area contributed by atoms with Gasteiger partial charge in [-0.25, -0.2) is 9.79 Å². The molecule has 1 rings (SSSR count). The summed E-state index contributed by atoms with van der Waals surface area (Å²) in [4.78, 5) is 13.7. The zero-order valence-electron chi connectivity index (χ0n) is 21.4. The van der Waals surface area contributed by atoms with E-state index in [0.29, 0.717) is 6.54 Å². The van der Waals surface area contributed by atoms with Crippen molar-refractivity contribution in [2.75, 3.05) is 6.54 Å². The summed E-state index contributed by atoms with van der Waals surface area (Å²) in [7, 11) is 0. The highest BCUT2D eigenvalue weighted by molar-refractivity contribution is 5.32. The van der Waals surface area contributed by atoms with Crippen molar-refractivity contribution in [2.24, 2.45) is 22.7 Å². The summed E-state index contributed by atoms with van der Waals surface area (Å²) in [6, 6.07) is 0. The topological polar surface area (TPSA) is 29.4 Å². The number of rotatable bonds is 21. The van der Waals surface area contributed by atoms with Gasteiger partial charge in [0.25, 0.3) is 0 Å². The minimum atomic E-state index is 0.672. The molecule has 0 N–H and O–H groups in total. The van der Waals surface area contributed by atoms with Crippen molar-refractivity contribution < 1.29 is 4.79 Å². The molecule has 1 aliphatic rings. The highest BCUT2D eigenvalue weighted by Gasteiger charge is 2.29. The van der Waals surface area contributed by atoms with Crippen LogP contribution in [-0.2, 0) is 4.79 Å².